The first-order chi connectivity index (χ1) is 9.24. The Balaban J connectivity index is 1.97. The standard InChI is InChI=1S/C14H13N3O2/c18-17(19)12-4-1-3-10(7-12)13-5-2-6-14(16-13)11-8-15-9-11/h1-7,11,15H,8-9H2. The molecule has 19 heavy (non-hydrogen) atoms. The van der Waals surface area contributed by atoms with E-state index in [4.69, 9.17) is 0 Å². The van der Waals surface area contributed by atoms with Crippen LogP contribution >= 0.6 is 0 Å². The summed E-state index contributed by atoms with van der Waals surface area (Å²) in [5.74, 6) is 0.457. The number of nitro benzene ring substituents is 1. The van der Waals surface area contributed by atoms with Crippen molar-refractivity contribution < 1.29 is 4.92 Å². The average Bonchev–Trinajstić information content (AvgIpc) is 2.37. The molecule has 1 aromatic carbocycles. The van der Waals surface area contributed by atoms with Crippen molar-refractivity contribution in [3.05, 3.63) is 58.3 Å². The average molecular weight is 255 g/mol. The largest absolute Gasteiger partial charge is 0.315 e. The van der Waals surface area contributed by atoms with E-state index in [1.165, 1.54) is 6.07 Å². The molecule has 2 aromatic rings. The Hall–Kier alpha value is -2.27. The van der Waals surface area contributed by atoms with Crippen LogP contribution in [-0.4, -0.2) is 23.0 Å². The lowest BCUT2D eigenvalue weighted by Crippen LogP contribution is -2.40. The van der Waals surface area contributed by atoms with Gasteiger partial charge in [-0.05, 0) is 12.1 Å². The molecule has 1 saturated heterocycles. The first-order valence-electron chi connectivity index (χ1n) is 6.16. The summed E-state index contributed by atoms with van der Waals surface area (Å²) in [5, 5.41) is 14.0. The molecule has 0 saturated carbocycles. The first-order valence-corrected chi connectivity index (χ1v) is 6.16. The number of hydrogen-bond acceptors (Lipinski definition) is 4. The number of hydrogen-bond donors (Lipinski definition) is 1. The lowest BCUT2D eigenvalue weighted by Gasteiger charge is -2.26. The predicted molar refractivity (Wildman–Crippen MR) is 71.9 cm³/mol. The SMILES string of the molecule is O=[N+]([O-])c1cccc(-c2cccc(C3CNC3)n2)c1. The number of rotatable bonds is 3. The fraction of sp³-hybridized carbons (Fsp3) is 0.214. The summed E-state index contributed by atoms with van der Waals surface area (Å²) in [6.45, 7) is 1.90. The van der Waals surface area contributed by atoms with Crippen LogP contribution < -0.4 is 5.32 Å². The van der Waals surface area contributed by atoms with Gasteiger partial charge in [-0.3, -0.25) is 15.1 Å². The molecule has 1 aliphatic heterocycles. The van der Waals surface area contributed by atoms with Crippen molar-refractivity contribution in [3.8, 4) is 11.3 Å². The molecule has 0 spiro atoms. The van der Waals surface area contributed by atoms with E-state index in [-0.39, 0.29) is 10.6 Å². The Kier molecular flexibility index (Phi) is 2.97. The van der Waals surface area contributed by atoms with Crippen LogP contribution in [0.15, 0.2) is 42.5 Å². The highest BCUT2D eigenvalue weighted by atomic mass is 16.6. The second-order valence-corrected chi connectivity index (χ2v) is 4.61. The second-order valence-electron chi connectivity index (χ2n) is 4.61. The van der Waals surface area contributed by atoms with Gasteiger partial charge in [-0.1, -0.05) is 18.2 Å². The van der Waals surface area contributed by atoms with Crippen molar-refractivity contribution in [2.24, 2.45) is 0 Å². The van der Waals surface area contributed by atoms with Crippen molar-refractivity contribution in [1.29, 1.82) is 0 Å². The molecule has 1 N–H and O–H groups in total. The predicted octanol–water partition coefficient (Wildman–Crippen LogP) is 2.34. The van der Waals surface area contributed by atoms with Crippen molar-refractivity contribution in [2.75, 3.05) is 13.1 Å². The molecule has 1 aliphatic rings. The summed E-state index contributed by atoms with van der Waals surface area (Å²) in [7, 11) is 0. The van der Waals surface area contributed by atoms with Crippen LogP contribution in [0.4, 0.5) is 5.69 Å². The van der Waals surface area contributed by atoms with Gasteiger partial charge in [0.2, 0.25) is 0 Å². The monoisotopic (exact) mass is 255 g/mol. The van der Waals surface area contributed by atoms with Crippen molar-refractivity contribution in [3.63, 3.8) is 0 Å². The summed E-state index contributed by atoms with van der Waals surface area (Å²) in [6.07, 6.45) is 0. The number of nitrogens with one attached hydrogen (secondary N) is 1. The van der Waals surface area contributed by atoms with E-state index in [0.717, 1.165) is 30.0 Å². The van der Waals surface area contributed by atoms with Crippen LogP contribution in [0, 0.1) is 10.1 Å². The van der Waals surface area contributed by atoms with E-state index in [2.05, 4.69) is 10.3 Å². The lowest BCUT2D eigenvalue weighted by atomic mass is 9.98. The fourth-order valence-electron chi connectivity index (χ4n) is 2.12. The van der Waals surface area contributed by atoms with Gasteiger partial charge in [0.15, 0.2) is 0 Å². The van der Waals surface area contributed by atoms with Crippen LogP contribution in [0.2, 0.25) is 0 Å². The van der Waals surface area contributed by atoms with Gasteiger partial charge in [0.25, 0.3) is 5.69 Å². The van der Waals surface area contributed by atoms with E-state index in [1.807, 2.05) is 24.3 Å². The zero-order valence-corrected chi connectivity index (χ0v) is 10.2. The molecule has 0 radical (unpaired) electrons. The van der Waals surface area contributed by atoms with Gasteiger partial charge >= 0.3 is 0 Å². The number of nitrogens with zero attached hydrogens (tertiary/aromatic N) is 2. The molecule has 0 bridgehead atoms. The fourth-order valence-corrected chi connectivity index (χ4v) is 2.12. The molecule has 1 fully saturated rings. The smallest absolute Gasteiger partial charge is 0.270 e. The minimum atomic E-state index is -0.386. The van der Waals surface area contributed by atoms with Crippen LogP contribution in [0.3, 0.4) is 0 Å². The van der Waals surface area contributed by atoms with Crippen LogP contribution in [0.25, 0.3) is 11.3 Å². The van der Waals surface area contributed by atoms with E-state index in [0.29, 0.717) is 5.92 Å². The van der Waals surface area contributed by atoms with Crippen molar-refractivity contribution in [2.45, 2.75) is 5.92 Å². The number of pyridine rings is 1. The molecule has 96 valence electrons. The summed E-state index contributed by atoms with van der Waals surface area (Å²) >= 11 is 0. The van der Waals surface area contributed by atoms with Crippen molar-refractivity contribution in [1.82, 2.24) is 10.3 Å². The maximum Gasteiger partial charge on any atom is 0.270 e. The number of benzene rings is 1. The van der Waals surface area contributed by atoms with E-state index in [9.17, 15) is 10.1 Å². The normalized spacial score (nSPS) is 14.9. The Bertz CT molecular complexity index is 624. The Morgan fingerprint density at radius 2 is 2.00 bits per heavy atom. The minimum absolute atomic E-state index is 0.0926. The van der Waals surface area contributed by atoms with Crippen LogP contribution in [0.5, 0.6) is 0 Å². The van der Waals surface area contributed by atoms with Crippen molar-refractivity contribution >= 4 is 5.69 Å². The molecule has 0 amide bonds. The summed E-state index contributed by atoms with van der Waals surface area (Å²) < 4.78 is 0. The quantitative estimate of drug-likeness (QED) is 0.675. The zero-order chi connectivity index (χ0) is 13.2. The van der Waals surface area contributed by atoms with E-state index in [1.54, 1.807) is 12.1 Å². The molecule has 2 heterocycles. The maximum atomic E-state index is 10.8. The molecule has 5 heteroatoms. The summed E-state index contributed by atoms with van der Waals surface area (Å²) in [5.41, 5.74) is 2.70. The molecule has 1 aromatic heterocycles. The number of non-ortho nitro benzene ring substituents is 1. The third-order valence-electron chi connectivity index (χ3n) is 3.32. The molecular formula is C14H13N3O2. The van der Waals surface area contributed by atoms with E-state index >= 15 is 0 Å². The Labute approximate surface area is 110 Å². The highest BCUT2D eigenvalue weighted by molar-refractivity contribution is 5.62. The number of nitro groups is 1. The molecule has 3 rings (SSSR count). The molecule has 0 unspecified atom stereocenters. The molecule has 0 aliphatic carbocycles. The van der Waals surface area contributed by atoms with Gasteiger partial charge in [0.05, 0.1) is 10.6 Å². The van der Waals surface area contributed by atoms with Gasteiger partial charge in [0, 0.05) is 42.4 Å². The highest BCUT2D eigenvalue weighted by Gasteiger charge is 2.20. The third-order valence-corrected chi connectivity index (χ3v) is 3.32. The van der Waals surface area contributed by atoms with Crippen LogP contribution in [0.1, 0.15) is 11.6 Å². The lowest BCUT2D eigenvalue weighted by molar-refractivity contribution is -0.384. The second kappa shape index (κ2) is 4.78. The van der Waals surface area contributed by atoms with Crippen LogP contribution in [-0.2, 0) is 0 Å². The highest BCUT2D eigenvalue weighted by Crippen LogP contribution is 2.25. The van der Waals surface area contributed by atoms with Gasteiger partial charge < -0.3 is 5.32 Å². The minimum Gasteiger partial charge on any atom is -0.315 e. The van der Waals surface area contributed by atoms with Gasteiger partial charge in [-0.2, -0.15) is 0 Å². The zero-order valence-electron chi connectivity index (χ0n) is 10.2. The third kappa shape index (κ3) is 2.32. The molecule has 5 nitrogen and oxygen atoms in total. The van der Waals surface area contributed by atoms with E-state index < -0.39 is 0 Å². The molecule has 0 atom stereocenters. The molecular weight excluding hydrogens is 242 g/mol. The Morgan fingerprint density at radius 1 is 1.21 bits per heavy atom. The maximum absolute atomic E-state index is 10.8. The Morgan fingerprint density at radius 3 is 2.68 bits per heavy atom. The van der Waals surface area contributed by atoms with Gasteiger partial charge in [0.1, 0.15) is 0 Å². The van der Waals surface area contributed by atoms with Gasteiger partial charge in [-0.25, -0.2) is 0 Å². The summed E-state index contributed by atoms with van der Waals surface area (Å²) in [6, 6.07) is 12.4. The summed E-state index contributed by atoms with van der Waals surface area (Å²) in [4.78, 5) is 15.0. The number of aromatic nitrogens is 1. The topological polar surface area (TPSA) is 68.1 Å². The first kappa shape index (κ1) is 11.8. The van der Waals surface area contributed by atoms with Gasteiger partial charge in [-0.15, -0.1) is 0 Å².